The van der Waals surface area contributed by atoms with Gasteiger partial charge in [-0.15, -0.1) is 0 Å². The Balaban J connectivity index is 1.56. The van der Waals surface area contributed by atoms with Crippen molar-refractivity contribution in [1.29, 1.82) is 0 Å². The number of fused-ring (bicyclic) bond motifs is 1. The minimum atomic E-state index is -0.824. The van der Waals surface area contributed by atoms with E-state index in [1.165, 1.54) is 5.56 Å². The first-order valence-electron chi connectivity index (χ1n) is 9.73. The first kappa shape index (κ1) is 19.9. The van der Waals surface area contributed by atoms with Crippen molar-refractivity contribution < 1.29 is 19.1 Å². The third-order valence-electron chi connectivity index (χ3n) is 4.75. The summed E-state index contributed by atoms with van der Waals surface area (Å²) in [5.41, 5.74) is 2.83. The molecule has 0 fully saturated rings. The van der Waals surface area contributed by atoms with Crippen molar-refractivity contribution in [3.63, 3.8) is 0 Å². The molecule has 1 unspecified atom stereocenters. The molecule has 2 aromatic rings. The van der Waals surface area contributed by atoms with Gasteiger partial charge in [0.15, 0.2) is 6.10 Å². The average Bonchev–Trinajstić information content (AvgIpc) is 2.71. The van der Waals surface area contributed by atoms with Crippen molar-refractivity contribution in [2.75, 3.05) is 13.2 Å². The lowest BCUT2D eigenvalue weighted by Crippen LogP contribution is -2.42. The van der Waals surface area contributed by atoms with Gasteiger partial charge in [0.05, 0.1) is 12.2 Å². The van der Waals surface area contributed by atoms with Gasteiger partial charge < -0.3 is 14.4 Å². The van der Waals surface area contributed by atoms with Crippen molar-refractivity contribution in [3.8, 4) is 5.75 Å². The van der Waals surface area contributed by atoms with E-state index in [4.69, 9.17) is 9.47 Å². The lowest BCUT2D eigenvalue weighted by Gasteiger charge is -2.30. The Morgan fingerprint density at radius 2 is 1.68 bits per heavy atom. The second-order valence-electron chi connectivity index (χ2n) is 7.56. The van der Waals surface area contributed by atoms with Gasteiger partial charge in [0, 0.05) is 13.1 Å². The highest BCUT2D eigenvalue weighted by atomic mass is 16.5. The fourth-order valence-corrected chi connectivity index (χ4v) is 3.17. The Hall–Kier alpha value is -2.82. The number of esters is 1. The van der Waals surface area contributed by atoms with E-state index < -0.39 is 12.1 Å². The molecule has 0 spiro atoms. The molecule has 0 saturated heterocycles. The van der Waals surface area contributed by atoms with E-state index >= 15 is 0 Å². The largest absolute Gasteiger partial charge is 0.493 e. The van der Waals surface area contributed by atoms with Gasteiger partial charge in [-0.3, -0.25) is 4.79 Å². The first-order chi connectivity index (χ1) is 13.4. The van der Waals surface area contributed by atoms with Gasteiger partial charge in [0.2, 0.25) is 0 Å². The van der Waals surface area contributed by atoms with E-state index in [2.05, 4.69) is 19.9 Å². The number of ether oxygens (including phenoxy) is 2. The van der Waals surface area contributed by atoms with Gasteiger partial charge in [0.25, 0.3) is 5.91 Å². The lowest BCUT2D eigenvalue weighted by atomic mass is 9.99. The molecule has 1 heterocycles. The monoisotopic (exact) mass is 381 g/mol. The van der Waals surface area contributed by atoms with Crippen LogP contribution in [-0.4, -0.2) is 36.0 Å². The summed E-state index contributed by atoms with van der Waals surface area (Å²) in [6.45, 7) is 7.59. The Morgan fingerprint density at radius 1 is 1.00 bits per heavy atom. The number of hydrogen-bond donors (Lipinski definition) is 0. The smallest absolute Gasteiger partial charge is 0.338 e. The minimum absolute atomic E-state index is 0.167. The molecule has 2 aromatic carbocycles. The van der Waals surface area contributed by atoms with Crippen LogP contribution in [0.25, 0.3) is 0 Å². The zero-order valence-corrected chi connectivity index (χ0v) is 16.7. The Bertz CT molecular complexity index is 829. The van der Waals surface area contributed by atoms with Crippen LogP contribution in [0.1, 0.15) is 42.3 Å². The highest BCUT2D eigenvalue weighted by Gasteiger charge is 2.27. The summed E-state index contributed by atoms with van der Waals surface area (Å²) in [6.07, 6.45) is -0.00456. The molecule has 0 radical (unpaired) electrons. The number of carbonyl (C=O) groups is 2. The molecule has 0 N–H and O–H groups in total. The topological polar surface area (TPSA) is 55.8 Å². The van der Waals surface area contributed by atoms with E-state index in [0.717, 1.165) is 12.0 Å². The SMILES string of the molecule is CC(C)COc1ccc(C(=O)OC(C)C(=O)N2CCc3ccccc3C2)cc1. The molecule has 148 valence electrons. The molecule has 0 bridgehead atoms. The Labute approximate surface area is 166 Å². The molecule has 1 aliphatic heterocycles. The number of amides is 1. The minimum Gasteiger partial charge on any atom is -0.493 e. The van der Waals surface area contributed by atoms with Gasteiger partial charge in [-0.05, 0) is 54.7 Å². The second kappa shape index (κ2) is 8.91. The molecular formula is C23H27NO4. The van der Waals surface area contributed by atoms with E-state index in [1.807, 2.05) is 18.2 Å². The summed E-state index contributed by atoms with van der Waals surface area (Å²) in [7, 11) is 0. The van der Waals surface area contributed by atoms with Crippen molar-refractivity contribution >= 4 is 11.9 Å². The third kappa shape index (κ3) is 4.91. The van der Waals surface area contributed by atoms with Crippen molar-refractivity contribution in [1.82, 2.24) is 4.90 Å². The summed E-state index contributed by atoms with van der Waals surface area (Å²) < 4.78 is 11.0. The molecule has 0 aliphatic carbocycles. The van der Waals surface area contributed by atoms with E-state index in [9.17, 15) is 9.59 Å². The predicted octanol–water partition coefficient (Wildman–Crippen LogP) is 3.85. The molecule has 5 nitrogen and oxygen atoms in total. The van der Waals surface area contributed by atoms with Crippen LogP contribution in [0.5, 0.6) is 5.75 Å². The number of rotatable bonds is 6. The maximum absolute atomic E-state index is 12.7. The molecule has 3 rings (SSSR count). The van der Waals surface area contributed by atoms with Crippen LogP contribution in [0.2, 0.25) is 0 Å². The fraction of sp³-hybridized carbons (Fsp3) is 0.391. The van der Waals surface area contributed by atoms with Crippen LogP contribution in [0, 0.1) is 5.92 Å². The van der Waals surface area contributed by atoms with Crippen LogP contribution < -0.4 is 4.74 Å². The highest BCUT2D eigenvalue weighted by Crippen LogP contribution is 2.20. The maximum atomic E-state index is 12.7. The Kier molecular flexibility index (Phi) is 6.34. The third-order valence-corrected chi connectivity index (χ3v) is 4.75. The van der Waals surface area contributed by atoms with Gasteiger partial charge >= 0.3 is 5.97 Å². The van der Waals surface area contributed by atoms with E-state index in [-0.39, 0.29) is 5.91 Å². The number of carbonyl (C=O) groups excluding carboxylic acids is 2. The predicted molar refractivity (Wildman–Crippen MR) is 107 cm³/mol. The van der Waals surface area contributed by atoms with Crippen LogP contribution in [0.3, 0.4) is 0 Å². The summed E-state index contributed by atoms with van der Waals surface area (Å²) in [6, 6.07) is 14.9. The average molecular weight is 381 g/mol. The molecule has 0 saturated carbocycles. The van der Waals surface area contributed by atoms with Crippen LogP contribution in [0.4, 0.5) is 0 Å². The van der Waals surface area contributed by atoms with Gasteiger partial charge in [-0.2, -0.15) is 0 Å². The lowest BCUT2D eigenvalue weighted by molar-refractivity contribution is -0.140. The standard InChI is InChI=1S/C23H27NO4/c1-16(2)15-27-21-10-8-19(9-11-21)23(26)28-17(3)22(25)24-13-12-18-6-4-5-7-20(18)14-24/h4-11,16-17H,12-15H2,1-3H3. The first-order valence-corrected chi connectivity index (χ1v) is 9.73. The molecular weight excluding hydrogens is 354 g/mol. The normalized spacial score (nSPS) is 14.4. The highest BCUT2D eigenvalue weighted by molar-refractivity contribution is 5.92. The number of nitrogens with zero attached hydrogens (tertiary/aromatic N) is 1. The van der Waals surface area contributed by atoms with Crippen molar-refractivity contribution in [2.45, 2.75) is 39.8 Å². The number of hydrogen-bond acceptors (Lipinski definition) is 4. The molecule has 1 aliphatic rings. The summed E-state index contributed by atoms with van der Waals surface area (Å²) in [5, 5.41) is 0. The molecule has 0 aromatic heterocycles. The zero-order chi connectivity index (χ0) is 20.1. The summed E-state index contributed by atoms with van der Waals surface area (Å²) in [4.78, 5) is 26.8. The van der Waals surface area contributed by atoms with Gasteiger partial charge in [-0.1, -0.05) is 38.1 Å². The molecule has 5 heteroatoms. The molecule has 28 heavy (non-hydrogen) atoms. The second-order valence-corrected chi connectivity index (χ2v) is 7.56. The maximum Gasteiger partial charge on any atom is 0.338 e. The van der Waals surface area contributed by atoms with Gasteiger partial charge in [0.1, 0.15) is 5.75 Å². The van der Waals surface area contributed by atoms with Crippen LogP contribution >= 0.6 is 0 Å². The van der Waals surface area contributed by atoms with E-state index in [0.29, 0.717) is 36.9 Å². The molecule has 1 amide bonds. The van der Waals surface area contributed by atoms with Crippen molar-refractivity contribution in [3.05, 3.63) is 65.2 Å². The van der Waals surface area contributed by atoms with Crippen molar-refractivity contribution in [2.24, 2.45) is 5.92 Å². The molecule has 1 atom stereocenters. The quantitative estimate of drug-likeness (QED) is 0.713. The zero-order valence-electron chi connectivity index (χ0n) is 16.7. The Morgan fingerprint density at radius 3 is 2.36 bits per heavy atom. The number of benzene rings is 2. The van der Waals surface area contributed by atoms with E-state index in [1.54, 1.807) is 36.1 Å². The van der Waals surface area contributed by atoms with Gasteiger partial charge in [-0.25, -0.2) is 4.79 Å². The summed E-state index contributed by atoms with van der Waals surface area (Å²) >= 11 is 0. The van der Waals surface area contributed by atoms with Crippen LogP contribution in [0.15, 0.2) is 48.5 Å². The summed E-state index contributed by atoms with van der Waals surface area (Å²) in [5.74, 6) is 0.466. The van der Waals surface area contributed by atoms with Crippen LogP contribution in [-0.2, 0) is 22.5 Å². The fourth-order valence-electron chi connectivity index (χ4n) is 3.17.